The van der Waals surface area contributed by atoms with Gasteiger partial charge in [-0.05, 0) is 25.1 Å². The van der Waals surface area contributed by atoms with Crippen molar-refractivity contribution in [3.63, 3.8) is 0 Å². The third-order valence-corrected chi connectivity index (χ3v) is 2.63. The number of ether oxygens (including phenoxy) is 2. The molecular weight excluding hydrogens is 244 g/mol. The van der Waals surface area contributed by atoms with Gasteiger partial charge in [-0.2, -0.15) is 0 Å². The van der Waals surface area contributed by atoms with Gasteiger partial charge in [0.15, 0.2) is 17.3 Å². The molecule has 0 fully saturated rings. The van der Waals surface area contributed by atoms with Crippen molar-refractivity contribution < 1.29 is 23.0 Å². The van der Waals surface area contributed by atoms with Gasteiger partial charge in [-0.3, -0.25) is 4.79 Å². The number of halogens is 2. The molecule has 0 saturated carbocycles. The van der Waals surface area contributed by atoms with Crippen molar-refractivity contribution in [2.75, 3.05) is 13.3 Å². The number of ketones is 1. The van der Waals surface area contributed by atoms with E-state index in [-0.39, 0.29) is 12.6 Å². The quantitative estimate of drug-likeness (QED) is 0.818. The van der Waals surface area contributed by atoms with E-state index >= 15 is 0 Å². The first-order valence-corrected chi connectivity index (χ1v) is 5.53. The summed E-state index contributed by atoms with van der Waals surface area (Å²) >= 11 is 0. The summed E-state index contributed by atoms with van der Waals surface area (Å²) in [4.78, 5) is 12.0. The molecule has 1 aromatic rings. The number of Topliss-reactive ketones (excluding diaryl/α,β-unsaturated/α-hetero) is 1. The third kappa shape index (κ3) is 2.76. The molecule has 0 spiro atoms. The highest BCUT2D eigenvalue weighted by Crippen LogP contribution is 2.32. The zero-order chi connectivity index (χ0) is 13.1. The number of hydrogen-bond acceptors (Lipinski definition) is 4. The van der Waals surface area contributed by atoms with Crippen molar-refractivity contribution in [1.82, 2.24) is 5.32 Å². The summed E-state index contributed by atoms with van der Waals surface area (Å²) in [5, 5.41) is 2.48. The maximum absolute atomic E-state index is 12.0. The molecule has 1 atom stereocenters. The normalized spacial score (nSPS) is 14.9. The topological polar surface area (TPSA) is 47.6 Å². The van der Waals surface area contributed by atoms with Gasteiger partial charge in [0.05, 0.1) is 12.6 Å². The predicted molar refractivity (Wildman–Crippen MR) is 60.4 cm³/mol. The van der Waals surface area contributed by atoms with Gasteiger partial charge in [0.1, 0.15) is 0 Å². The van der Waals surface area contributed by atoms with Crippen molar-refractivity contribution in [3.05, 3.63) is 23.8 Å². The number of fused-ring (bicyclic) bond motifs is 1. The van der Waals surface area contributed by atoms with Crippen LogP contribution in [-0.2, 0) is 0 Å². The molecule has 1 N–H and O–H groups in total. The molecule has 1 aliphatic rings. The molecule has 0 saturated heterocycles. The molecule has 4 nitrogen and oxygen atoms in total. The van der Waals surface area contributed by atoms with Gasteiger partial charge in [-0.1, -0.05) is 0 Å². The van der Waals surface area contributed by atoms with E-state index < -0.39 is 19.0 Å². The van der Waals surface area contributed by atoms with Crippen LogP contribution >= 0.6 is 0 Å². The maximum Gasteiger partial charge on any atom is 0.250 e. The molecule has 2 rings (SSSR count). The van der Waals surface area contributed by atoms with Crippen LogP contribution < -0.4 is 14.8 Å². The summed E-state index contributed by atoms with van der Waals surface area (Å²) < 4.78 is 34.3. The zero-order valence-electron chi connectivity index (χ0n) is 9.78. The predicted octanol–water partition coefficient (Wildman–Crippen LogP) is 1.84. The molecule has 1 aliphatic heterocycles. The minimum Gasteiger partial charge on any atom is -0.454 e. The maximum atomic E-state index is 12.0. The van der Waals surface area contributed by atoms with Crippen LogP contribution in [0.1, 0.15) is 17.3 Å². The average molecular weight is 257 g/mol. The molecule has 0 bridgehead atoms. The molecule has 1 aromatic carbocycles. The molecule has 18 heavy (non-hydrogen) atoms. The van der Waals surface area contributed by atoms with Crippen molar-refractivity contribution in [3.8, 4) is 11.5 Å². The SMILES string of the molecule is CC(NCC(F)F)C(=O)c1ccc2c(c1)OCO2. The van der Waals surface area contributed by atoms with Gasteiger partial charge in [-0.15, -0.1) is 0 Å². The highest BCUT2D eigenvalue weighted by molar-refractivity contribution is 6.00. The lowest BCUT2D eigenvalue weighted by atomic mass is 10.0. The fourth-order valence-corrected chi connectivity index (χ4v) is 1.66. The van der Waals surface area contributed by atoms with Gasteiger partial charge >= 0.3 is 0 Å². The number of alkyl halides is 2. The Kier molecular flexibility index (Phi) is 3.76. The third-order valence-electron chi connectivity index (χ3n) is 2.63. The van der Waals surface area contributed by atoms with E-state index in [0.717, 1.165) is 0 Å². The first-order chi connectivity index (χ1) is 8.58. The number of benzene rings is 1. The van der Waals surface area contributed by atoms with Crippen LogP contribution in [0.4, 0.5) is 8.78 Å². The molecule has 98 valence electrons. The Morgan fingerprint density at radius 3 is 2.83 bits per heavy atom. The Bertz CT molecular complexity index is 451. The summed E-state index contributed by atoms with van der Waals surface area (Å²) in [5.41, 5.74) is 0.411. The number of hydrogen-bond donors (Lipinski definition) is 1. The van der Waals surface area contributed by atoms with E-state index in [9.17, 15) is 13.6 Å². The second-order valence-corrected chi connectivity index (χ2v) is 3.95. The Morgan fingerprint density at radius 2 is 2.11 bits per heavy atom. The minimum absolute atomic E-state index is 0.131. The fourth-order valence-electron chi connectivity index (χ4n) is 1.66. The molecule has 0 aromatic heterocycles. The van der Waals surface area contributed by atoms with Crippen molar-refractivity contribution in [2.45, 2.75) is 19.4 Å². The van der Waals surface area contributed by atoms with Crippen LogP contribution in [0.3, 0.4) is 0 Å². The highest BCUT2D eigenvalue weighted by Gasteiger charge is 2.20. The van der Waals surface area contributed by atoms with Crippen LogP contribution in [0.15, 0.2) is 18.2 Å². The smallest absolute Gasteiger partial charge is 0.250 e. The van der Waals surface area contributed by atoms with Crippen molar-refractivity contribution in [2.24, 2.45) is 0 Å². The lowest BCUT2D eigenvalue weighted by Crippen LogP contribution is -2.36. The number of carbonyl (C=O) groups is 1. The van der Waals surface area contributed by atoms with Crippen LogP contribution in [0.2, 0.25) is 0 Å². The molecular formula is C12H13F2NO3. The van der Waals surface area contributed by atoms with Gasteiger partial charge < -0.3 is 14.8 Å². The lowest BCUT2D eigenvalue weighted by Gasteiger charge is -2.12. The first kappa shape index (κ1) is 12.8. The standard InChI is InChI=1S/C12H13F2NO3/c1-7(15-5-11(13)14)12(16)8-2-3-9-10(4-8)18-6-17-9/h2-4,7,11,15H,5-6H2,1H3. The van der Waals surface area contributed by atoms with E-state index in [2.05, 4.69) is 5.32 Å². The lowest BCUT2D eigenvalue weighted by molar-refractivity contribution is 0.0927. The Morgan fingerprint density at radius 1 is 1.39 bits per heavy atom. The first-order valence-electron chi connectivity index (χ1n) is 5.53. The van der Waals surface area contributed by atoms with Crippen LogP contribution in [0.25, 0.3) is 0 Å². The van der Waals surface area contributed by atoms with Gasteiger partial charge in [0, 0.05) is 5.56 Å². The van der Waals surface area contributed by atoms with E-state index in [1.54, 1.807) is 25.1 Å². The molecule has 1 unspecified atom stereocenters. The zero-order valence-corrected chi connectivity index (χ0v) is 9.78. The van der Waals surface area contributed by atoms with Crippen LogP contribution in [0.5, 0.6) is 11.5 Å². The number of rotatable bonds is 5. The van der Waals surface area contributed by atoms with E-state index in [1.807, 2.05) is 0 Å². The van der Waals surface area contributed by atoms with E-state index in [4.69, 9.17) is 9.47 Å². The van der Waals surface area contributed by atoms with Gasteiger partial charge in [-0.25, -0.2) is 8.78 Å². The van der Waals surface area contributed by atoms with Crippen LogP contribution in [0, 0.1) is 0 Å². The van der Waals surface area contributed by atoms with Gasteiger partial charge in [0.25, 0.3) is 6.43 Å². The van der Waals surface area contributed by atoms with Gasteiger partial charge in [0.2, 0.25) is 6.79 Å². The summed E-state index contributed by atoms with van der Waals surface area (Å²) in [6.07, 6.45) is -2.47. The Balaban J connectivity index is 2.04. The Labute approximate surface area is 103 Å². The summed E-state index contributed by atoms with van der Waals surface area (Å²) in [7, 11) is 0. The second-order valence-electron chi connectivity index (χ2n) is 3.95. The summed E-state index contributed by atoms with van der Waals surface area (Å²) in [5.74, 6) is 0.829. The van der Waals surface area contributed by atoms with Crippen molar-refractivity contribution >= 4 is 5.78 Å². The molecule has 0 radical (unpaired) electrons. The minimum atomic E-state index is -2.47. The average Bonchev–Trinajstić information content (AvgIpc) is 2.81. The second kappa shape index (κ2) is 5.30. The summed E-state index contributed by atoms with van der Waals surface area (Å²) in [6.45, 7) is 1.18. The fraction of sp³-hybridized carbons (Fsp3) is 0.417. The van der Waals surface area contributed by atoms with Crippen molar-refractivity contribution in [1.29, 1.82) is 0 Å². The molecule has 0 aliphatic carbocycles. The highest BCUT2D eigenvalue weighted by atomic mass is 19.3. The number of nitrogens with one attached hydrogen (secondary N) is 1. The Hall–Kier alpha value is -1.69. The van der Waals surface area contributed by atoms with E-state index in [1.165, 1.54) is 0 Å². The number of carbonyl (C=O) groups excluding carboxylic acids is 1. The molecule has 0 amide bonds. The molecule has 6 heteroatoms. The largest absolute Gasteiger partial charge is 0.454 e. The van der Waals surface area contributed by atoms with Crippen LogP contribution in [-0.4, -0.2) is 31.6 Å². The monoisotopic (exact) mass is 257 g/mol. The van der Waals surface area contributed by atoms with E-state index in [0.29, 0.717) is 17.1 Å². The molecule has 1 heterocycles. The summed E-state index contributed by atoms with van der Waals surface area (Å²) in [6, 6.07) is 4.12.